The van der Waals surface area contributed by atoms with E-state index in [0.717, 1.165) is 18.2 Å². The number of amides is 1. The van der Waals surface area contributed by atoms with E-state index in [2.05, 4.69) is 5.32 Å². The van der Waals surface area contributed by atoms with Crippen molar-refractivity contribution in [2.75, 3.05) is 7.11 Å². The fourth-order valence-corrected chi connectivity index (χ4v) is 2.12. The van der Waals surface area contributed by atoms with Gasteiger partial charge in [0.1, 0.15) is 0 Å². The lowest BCUT2D eigenvalue weighted by atomic mass is 10.1. The van der Waals surface area contributed by atoms with Crippen LogP contribution in [0.4, 0.5) is 18.9 Å². The minimum Gasteiger partial charge on any atom is -0.490 e. The minimum atomic E-state index is -4.48. The zero-order valence-electron chi connectivity index (χ0n) is 13.0. The number of nitrogens with one attached hydrogen (secondary N) is 1. The molecule has 0 aromatic heterocycles. The second-order valence-electron chi connectivity index (χ2n) is 5.02. The summed E-state index contributed by atoms with van der Waals surface area (Å²) in [7, 11) is 1.26. The van der Waals surface area contributed by atoms with Gasteiger partial charge < -0.3 is 10.1 Å². The first-order valence-electron chi connectivity index (χ1n) is 6.99. The highest BCUT2D eigenvalue weighted by molar-refractivity contribution is 5.95. The highest BCUT2D eigenvalue weighted by atomic mass is 19.4. The predicted octanol–water partition coefficient (Wildman–Crippen LogP) is 3.55. The van der Waals surface area contributed by atoms with Crippen molar-refractivity contribution < 1.29 is 27.6 Å². The Morgan fingerprint density at radius 3 is 2.56 bits per heavy atom. The summed E-state index contributed by atoms with van der Waals surface area (Å²) in [5, 5.41) is 13.4. The van der Waals surface area contributed by atoms with Gasteiger partial charge in [-0.05, 0) is 29.8 Å². The van der Waals surface area contributed by atoms with E-state index in [9.17, 15) is 28.1 Å². The maximum absolute atomic E-state index is 12.7. The van der Waals surface area contributed by atoms with Gasteiger partial charge in [0.2, 0.25) is 0 Å². The van der Waals surface area contributed by atoms with Gasteiger partial charge in [0, 0.05) is 18.2 Å². The van der Waals surface area contributed by atoms with Crippen LogP contribution in [0.3, 0.4) is 0 Å². The number of hydrogen-bond acceptors (Lipinski definition) is 4. The molecule has 0 heterocycles. The van der Waals surface area contributed by atoms with Gasteiger partial charge in [-0.15, -0.1) is 0 Å². The number of ether oxygens (including phenoxy) is 1. The zero-order valence-corrected chi connectivity index (χ0v) is 13.0. The van der Waals surface area contributed by atoms with E-state index in [-0.39, 0.29) is 29.1 Å². The molecule has 25 heavy (non-hydrogen) atoms. The lowest BCUT2D eigenvalue weighted by Crippen LogP contribution is -2.23. The lowest BCUT2D eigenvalue weighted by Gasteiger charge is -2.10. The molecule has 2 rings (SSSR count). The van der Waals surface area contributed by atoms with E-state index in [4.69, 9.17) is 4.74 Å². The second-order valence-corrected chi connectivity index (χ2v) is 5.02. The number of carbonyl (C=O) groups excluding carboxylic acids is 1. The lowest BCUT2D eigenvalue weighted by molar-refractivity contribution is -0.385. The Labute approximate surface area is 140 Å². The molecule has 0 atom stereocenters. The van der Waals surface area contributed by atoms with E-state index < -0.39 is 22.6 Å². The van der Waals surface area contributed by atoms with Crippen molar-refractivity contribution in [1.29, 1.82) is 0 Å². The molecular weight excluding hydrogens is 341 g/mol. The van der Waals surface area contributed by atoms with Gasteiger partial charge in [-0.25, -0.2) is 0 Å². The van der Waals surface area contributed by atoms with E-state index in [1.807, 2.05) is 0 Å². The summed E-state index contributed by atoms with van der Waals surface area (Å²) in [4.78, 5) is 22.3. The topological polar surface area (TPSA) is 81.5 Å². The van der Waals surface area contributed by atoms with Crippen LogP contribution in [0.2, 0.25) is 0 Å². The number of halogens is 3. The molecule has 0 aliphatic heterocycles. The molecule has 0 spiro atoms. The van der Waals surface area contributed by atoms with Crippen LogP contribution in [0.1, 0.15) is 21.5 Å². The zero-order chi connectivity index (χ0) is 18.6. The SMILES string of the molecule is COc1ccc(C(=O)NCc2cccc(C(F)(F)F)c2)cc1[N+](=O)[O-]. The van der Waals surface area contributed by atoms with Crippen LogP contribution in [0.25, 0.3) is 0 Å². The minimum absolute atomic E-state index is 0.000485. The van der Waals surface area contributed by atoms with Crippen molar-refractivity contribution in [3.05, 3.63) is 69.3 Å². The van der Waals surface area contributed by atoms with Crippen molar-refractivity contribution in [2.24, 2.45) is 0 Å². The van der Waals surface area contributed by atoms with Gasteiger partial charge in [-0.3, -0.25) is 14.9 Å². The number of hydrogen-bond donors (Lipinski definition) is 1. The van der Waals surface area contributed by atoms with Crippen LogP contribution in [-0.2, 0) is 12.7 Å². The van der Waals surface area contributed by atoms with Crippen LogP contribution in [-0.4, -0.2) is 17.9 Å². The van der Waals surface area contributed by atoms with Gasteiger partial charge in [-0.2, -0.15) is 13.2 Å². The van der Waals surface area contributed by atoms with Gasteiger partial charge >= 0.3 is 11.9 Å². The molecule has 6 nitrogen and oxygen atoms in total. The van der Waals surface area contributed by atoms with Gasteiger partial charge in [0.05, 0.1) is 17.6 Å². The average Bonchev–Trinajstić information content (AvgIpc) is 2.58. The fraction of sp³-hybridized carbons (Fsp3) is 0.188. The first-order chi connectivity index (χ1) is 11.7. The molecule has 0 aliphatic carbocycles. The Balaban J connectivity index is 2.13. The number of alkyl halides is 3. The highest BCUT2D eigenvalue weighted by Gasteiger charge is 2.30. The smallest absolute Gasteiger partial charge is 0.416 e. The third-order valence-electron chi connectivity index (χ3n) is 3.35. The number of benzene rings is 2. The quantitative estimate of drug-likeness (QED) is 0.658. The molecule has 0 aliphatic rings. The summed E-state index contributed by atoms with van der Waals surface area (Å²) in [5.41, 5.74) is -0.945. The van der Waals surface area contributed by atoms with E-state index in [1.54, 1.807) is 0 Å². The summed E-state index contributed by atoms with van der Waals surface area (Å²) in [6, 6.07) is 8.17. The van der Waals surface area contributed by atoms with Gasteiger partial charge in [-0.1, -0.05) is 12.1 Å². The molecule has 132 valence electrons. The molecule has 0 bridgehead atoms. The first kappa shape index (κ1) is 18.2. The molecule has 2 aromatic carbocycles. The molecule has 0 radical (unpaired) electrons. The Hall–Kier alpha value is -3.10. The predicted molar refractivity (Wildman–Crippen MR) is 82.3 cm³/mol. The van der Waals surface area contributed by atoms with Gasteiger partial charge in [0.15, 0.2) is 5.75 Å². The Morgan fingerprint density at radius 1 is 1.24 bits per heavy atom. The molecule has 0 saturated heterocycles. The third-order valence-corrected chi connectivity index (χ3v) is 3.35. The number of nitrogens with zero attached hydrogens (tertiary/aromatic N) is 1. The average molecular weight is 354 g/mol. The van der Waals surface area contributed by atoms with Crippen molar-refractivity contribution in [3.8, 4) is 5.75 Å². The van der Waals surface area contributed by atoms with E-state index in [0.29, 0.717) is 0 Å². The van der Waals surface area contributed by atoms with Crippen molar-refractivity contribution in [2.45, 2.75) is 12.7 Å². The largest absolute Gasteiger partial charge is 0.490 e. The Morgan fingerprint density at radius 2 is 1.96 bits per heavy atom. The van der Waals surface area contributed by atoms with Crippen molar-refractivity contribution >= 4 is 11.6 Å². The van der Waals surface area contributed by atoms with Crippen LogP contribution < -0.4 is 10.1 Å². The summed E-state index contributed by atoms with van der Waals surface area (Å²) in [5.74, 6) is -0.650. The standard InChI is InChI=1S/C16H13F3N2O4/c1-25-14-6-5-11(8-13(14)21(23)24)15(22)20-9-10-3-2-4-12(7-10)16(17,18)19/h2-8H,9H2,1H3,(H,20,22). The van der Waals surface area contributed by atoms with E-state index >= 15 is 0 Å². The van der Waals surface area contributed by atoms with Crippen LogP contribution in [0, 0.1) is 10.1 Å². The number of nitro benzene ring substituents is 1. The monoisotopic (exact) mass is 354 g/mol. The molecular formula is C16H13F3N2O4. The van der Waals surface area contributed by atoms with Crippen LogP contribution in [0.15, 0.2) is 42.5 Å². The Bertz CT molecular complexity index is 806. The molecule has 1 N–H and O–H groups in total. The molecule has 9 heteroatoms. The van der Waals surface area contributed by atoms with Crippen LogP contribution in [0.5, 0.6) is 5.75 Å². The summed E-state index contributed by atoms with van der Waals surface area (Å²) < 4.78 is 42.8. The van der Waals surface area contributed by atoms with Gasteiger partial charge in [0.25, 0.3) is 5.91 Å². The third kappa shape index (κ3) is 4.46. The van der Waals surface area contributed by atoms with Crippen molar-refractivity contribution in [3.63, 3.8) is 0 Å². The van der Waals surface area contributed by atoms with E-state index in [1.165, 1.54) is 31.4 Å². The van der Waals surface area contributed by atoms with Crippen LogP contribution >= 0.6 is 0 Å². The first-order valence-corrected chi connectivity index (χ1v) is 6.99. The second kappa shape index (κ2) is 7.20. The highest BCUT2D eigenvalue weighted by Crippen LogP contribution is 2.30. The summed E-state index contributed by atoms with van der Waals surface area (Å²) in [6.45, 7) is -0.150. The molecule has 0 saturated carbocycles. The normalized spacial score (nSPS) is 11.0. The number of carbonyl (C=O) groups is 1. The molecule has 0 fully saturated rings. The molecule has 0 unspecified atom stereocenters. The summed E-state index contributed by atoms with van der Waals surface area (Å²) in [6.07, 6.45) is -4.48. The maximum atomic E-state index is 12.7. The molecule has 2 aromatic rings. The Kier molecular flexibility index (Phi) is 5.26. The van der Waals surface area contributed by atoms with Crippen molar-refractivity contribution in [1.82, 2.24) is 5.32 Å². The molecule has 1 amide bonds. The number of methoxy groups -OCH3 is 1. The number of rotatable bonds is 5. The number of nitro groups is 1. The fourth-order valence-electron chi connectivity index (χ4n) is 2.12. The summed E-state index contributed by atoms with van der Waals surface area (Å²) >= 11 is 0. The maximum Gasteiger partial charge on any atom is 0.416 e.